The van der Waals surface area contributed by atoms with Gasteiger partial charge < -0.3 is 21.1 Å². The van der Waals surface area contributed by atoms with Crippen molar-refractivity contribution < 1.29 is 28.3 Å². The summed E-state index contributed by atoms with van der Waals surface area (Å²) < 4.78 is 18.1. The first kappa shape index (κ1) is 20.5. The number of urea groups is 1. The Kier molecular flexibility index (Phi) is 6.06. The van der Waals surface area contributed by atoms with Gasteiger partial charge in [0, 0.05) is 5.69 Å². The molecular formula is C20H17FN4O5. The standard InChI is InChI=1S/C20H17FN4O5/c21-13-3-5-14(6-4-13)23-18(27)10-25-19(28)16(24-20(25)29)9-12-1-7-15(8-2-12)30-11-17(22)26/h1-9H,10-11H2,(H2,22,26)(H,23,27)(H,24,29). The first-order chi connectivity index (χ1) is 14.3. The predicted octanol–water partition coefficient (Wildman–Crippen LogP) is 1.22. The monoisotopic (exact) mass is 412 g/mol. The van der Waals surface area contributed by atoms with Gasteiger partial charge in [0.15, 0.2) is 6.61 Å². The number of anilines is 1. The van der Waals surface area contributed by atoms with E-state index in [1.807, 2.05) is 0 Å². The molecule has 30 heavy (non-hydrogen) atoms. The molecule has 1 heterocycles. The molecule has 0 bridgehead atoms. The highest BCUT2D eigenvalue weighted by Crippen LogP contribution is 2.17. The molecule has 0 radical (unpaired) electrons. The van der Waals surface area contributed by atoms with Crippen molar-refractivity contribution in [3.8, 4) is 5.75 Å². The number of hydrogen-bond acceptors (Lipinski definition) is 5. The second kappa shape index (κ2) is 8.86. The molecule has 0 spiro atoms. The molecule has 1 aliphatic heterocycles. The maximum atomic E-state index is 12.9. The van der Waals surface area contributed by atoms with Crippen LogP contribution < -0.4 is 21.1 Å². The number of amides is 5. The first-order valence-electron chi connectivity index (χ1n) is 8.73. The lowest BCUT2D eigenvalue weighted by molar-refractivity contribution is -0.127. The van der Waals surface area contributed by atoms with E-state index in [-0.39, 0.29) is 12.3 Å². The molecule has 10 heteroatoms. The second-order valence-corrected chi connectivity index (χ2v) is 6.26. The number of imide groups is 1. The van der Waals surface area contributed by atoms with Crippen molar-refractivity contribution in [2.45, 2.75) is 0 Å². The van der Waals surface area contributed by atoms with Crippen LogP contribution in [0.2, 0.25) is 0 Å². The van der Waals surface area contributed by atoms with Crippen LogP contribution in [0.25, 0.3) is 6.08 Å². The number of primary amides is 1. The summed E-state index contributed by atoms with van der Waals surface area (Å²) in [7, 11) is 0. The number of ether oxygens (including phenoxy) is 1. The van der Waals surface area contributed by atoms with Gasteiger partial charge >= 0.3 is 6.03 Å². The molecule has 1 saturated heterocycles. The van der Waals surface area contributed by atoms with Gasteiger partial charge in [-0.25, -0.2) is 14.1 Å². The largest absolute Gasteiger partial charge is 0.484 e. The van der Waals surface area contributed by atoms with Crippen molar-refractivity contribution in [3.63, 3.8) is 0 Å². The van der Waals surface area contributed by atoms with Gasteiger partial charge in [-0.15, -0.1) is 0 Å². The van der Waals surface area contributed by atoms with E-state index in [0.717, 1.165) is 4.90 Å². The van der Waals surface area contributed by atoms with E-state index in [1.54, 1.807) is 24.3 Å². The van der Waals surface area contributed by atoms with E-state index in [1.165, 1.54) is 30.3 Å². The fourth-order valence-electron chi connectivity index (χ4n) is 2.57. The number of nitrogens with one attached hydrogen (secondary N) is 2. The van der Waals surface area contributed by atoms with Crippen LogP contribution in [0.4, 0.5) is 14.9 Å². The van der Waals surface area contributed by atoms with Crippen molar-refractivity contribution >= 4 is 35.5 Å². The third-order valence-electron chi connectivity index (χ3n) is 3.96. The molecule has 0 atom stereocenters. The van der Waals surface area contributed by atoms with Crippen LogP contribution in [0.15, 0.2) is 54.2 Å². The van der Waals surface area contributed by atoms with Crippen molar-refractivity contribution in [2.24, 2.45) is 5.73 Å². The Morgan fingerprint density at radius 1 is 1.10 bits per heavy atom. The maximum Gasteiger partial charge on any atom is 0.329 e. The molecule has 1 fully saturated rings. The zero-order valence-electron chi connectivity index (χ0n) is 15.6. The molecule has 154 valence electrons. The average Bonchev–Trinajstić information content (AvgIpc) is 2.96. The summed E-state index contributed by atoms with van der Waals surface area (Å²) in [6.07, 6.45) is 1.44. The van der Waals surface area contributed by atoms with Crippen molar-refractivity contribution in [3.05, 3.63) is 65.6 Å². The van der Waals surface area contributed by atoms with E-state index >= 15 is 0 Å². The molecule has 1 aliphatic rings. The molecule has 0 saturated carbocycles. The van der Waals surface area contributed by atoms with Crippen LogP contribution in [-0.2, 0) is 14.4 Å². The lowest BCUT2D eigenvalue weighted by Crippen LogP contribution is -2.38. The van der Waals surface area contributed by atoms with E-state index in [2.05, 4.69) is 10.6 Å². The summed E-state index contributed by atoms with van der Waals surface area (Å²) in [5.74, 6) is -1.92. The van der Waals surface area contributed by atoms with Crippen LogP contribution in [0, 0.1) is 5.82 Å². The van der Waals surface area contributed by atoms with Gasteiger partial charge in [0.05, 0.1) is 0 Å². The number of hydrogen-bond donors (Lipinski definition) is 3. The van der Waals surface area contributed by atoms with Gasteiger partial charge in [0.25, 0.3) is 11.8 Å². The highest BCUT2D eigenvalue weighted by Gasteiger charge is 2.34. The minimum Gasteiger partial charge on any atom is -0.484 e. The summed E-state index contributed by atoms with van der Waals surface area (Å²) >= 11 is 0. The second-order valence-electron chi connectivity index (χ2n) is 6.26. The van der Waals surface area contributed by atoms with Crippen LogP contribution in [-0.4, -0.2) is 41.8 Å². The Labute approximate surface area is 170 Å². The Bertz CT molecular complexity index is 1020. The van der Waals surface area contributed by atoms with Crippen LogP contribution in [0.3, 0.4) is 0 Å². The fourth-order valence-corrected chi connectivity index (χ4v) is 2.57. The van der Waals surface area contributed by atoms with E-state index < -0.39 is 36.1 Å². The van der Waals surface area contributed by atoms with Crippen molar-refractivity contribution in [2.75, 3.05) is 18.5 Å². The fraction of sp³-hybridized carbons (Fsp3) is 0.100. The van der Waals surface area contributed by atoms with Gasteiger partial charge in [0.1, 0.15) is 23.8 Å². The smallest absolute Gasteiger partial charge is 0.329 e. The van der Waals surface area contributed by atoms with E-state index in [0.29, 0.717) is 17.0 Å². The molecule has 0 unspecified atom stereocenters. The minimum atomic E-state index is -0.734. The number of rotatable bonds is 7. The summed E-state index contributed by atoms with van der Waals surface area (Å²) in [6.45, 7) is -0.761. The number of carbonyl (C=O) groups is 4. The van der Waals surface area contributed by atoms with Gasteiger partial charge in [-0.05, 0) is 48.0 Å². The van der Waals surface area contributed by atoms with E-state index in [9.17, 15) is 23.6 Å². The topological polar surface area (TPSA) is 131 Å². The lowest BCUT2D eigenvalue weighted by atomic mass is 10.2. The third kappa shape index (κ3) is 5.19. The zero-order chi connectivity index (χ0) is 21.7. The Morgan fingerprint density at radius 3 is 2.40 bits per heavy atom. The van der Waals surface area contributed by atoms with Gasteiger partial charge in [-0.3, -0.25) is 14.4 Å². The molecule has 2 aromatic carbocycles. The quantitative estimate of drug-likeness (QED) is 0.465. The highest BCUT2D eigenvalue weighted by molar-refractivity contribution is 6.15. The average molecular weight is 412 g/mol. The Hall–Kier alpha value is -4.21. The summed E-state index contributed by atoms with van der Waals surface area (Å²) in [6, 6.07) is 10.7. The normalized spacial score (nSPS) is 14.6. The Morgan fingerprint density at radius 2 is 1.77 bits per heavy atom. The number of benzene rings is 2. The third-order valence-corrected chi connectivity index (χ3v) is 3.96. The molecule has 0 aliphatic carbocycles. The van der Waals surface area contributed by atoms with Gasteiger partial charge in [-0.1, -0.05) is 12.1 Å². The Balaban J connectivity index is 1.62. The zero-order valence-corrected chi connectivity index (χ0v) is 15.6. The molecule has 4 N–H and O–H groups in total. The maximum absolute atomic E-state index is 12.9. The molecule has 2 aromatic rings. The number of halogens is 1. The summed E-state index contributed by atoms with van der Waals surface area (Å²) in [5, 5.41) is 4.89. The van der Waals surface area contributed by atoms with Crippen molar-refractivity contribution in [1.82, 2.24) is 10.2 Å². The van der Waals surface area contributed by atoms with E-state index in [4.69, 9.17) is 10.5 Å². The van der Waals surface area contributed by atoms with Crippen molar-refractivity contribution in [1.29, 1.82) is 0 Å². The predicted molar refractivity (Wildman–Crippen MR) is 104 cm³/mol. The number of nitrogens with zero attached hydrogens (tertiary/aromatic N) is 1. The van der Waals surface area contributed by atoms with Crippen LogP contribution in [0.5, 0.6) is 5.75 Å². The van der Waals surface area contributed by atoms with Gasteiger partial charge in [0.2, 0.25) is 5.91 Å². The minimum absolute atomic E-state index is 0.000358. The first-order valence-corrected chi connectivity index (χ1v) is 8.73. The number of nitrogens with two attached hydrogens (primary N) is 1. The van der Waals surface area contributed by atoms with Gasteiger partial charge in [-0.2, -0.15) is 0 Å². The molecule has 3 rings (SSSR count). The van der Waals surface area contributed by atoms with Crippen LogP contribution >= 0.6 is 0 Å². The molecule has 0 aromatic heterocycles. The summed E-state index contributed by atoms with van der Waals surface area (Å²) in [5.41, 5.74) is 5.93. The molecule has 9 nitrogen and oxygen atoms in total. The SMILES string of the molecule is NC(=O)COc1ccc(C=C2NC(=O)N(CC(=O)Nc3ccc(F)cc3)C2=O)cc1. The lowest BCUT2D eigenvalue weighted by Gasteiger charge is -2.11. The number of carbonyl (C=O) groups excluding carboxylic acids is 4. The van der Waals surface area contributed by atoms with Crippen LogP contribution in [0.1, 0.15) is 5.56 Å². The summed E-state index contributed by atoms with van der Waals surface area (Å²) in [4.78, 5) is 48.1. The molecule has 5 amide bonds. The highest BCUT2D eigenvalue weighted by atomic mass is 19.1. The molecular weight excluding hydrogens is 395 g/mol.